The van der Waals surface area contributed by atoms with Crippen LogP contribution in [0.1, 0.15) is 46.6 Å². The highest BCUT2D eigenvalue weighted by atomic mass is 79.9. The number of carbonyl (C=O) groups excluding carboxylic acids is 1. The van der Waals surface area contributed by atoms with Crippen molar-refractivity contribution >= 4 is 61.4 Å². The van der Waals surface area contributed by atoms with Crippen molar-refractivity contribution in [3.8, 4) is 0 Å². The number of nitrogens with one attached hydrogen (secondary N) is 1. The second kappa shape index (κ2) is 7.10. The predicted molar refractivity (Wildman–Crippen MR) is 110 cm³/mol. The molecule has 4 rings (SSSR count). The number of hydrogen-bond acceptors (Lipinski definition) is 4. The van der Waals surface area contributed by atoms with Crippen LogP contribution < -0.4 is 5.43 Å². The molecule has 1 fully saturated rings. The lowest BCUT2D eigenvalue weighted by molar-refractivity contribution is 0.0956. The summed E-state index contributed by atoms with van der Waals surface area (Å²) in [6.45, 7) is 1.85. The normalized spacial score (nSPS) is 14.7. The number of hydrazone groups is 1. The second-order valence-electron chi connectivity index (χ2n) is 6.27. The van der Waals surface area contributed by atoms with Crippen LogP contribution in [0.15, 0.2) is 46.0 Å². The highest BCUT2D eigenvalue weighted by molar-refractivity contribution is 9.10. The molecule has 1 saturated carbocycles. The number of halogens is 2. The summed E-state index contributed by atoms with van der Waals surface area (Å²) in [7, 11) is 0. The summed E-state index contributed by atoms with van der Waals surface area (Å²) < 4.78 is 1.60. The lowest BCUT2D eigenvalue weighted by atomic mass is 10.1. The minimum atomic E-state index is -0.237. The van der Waals surface area contributed by atoms with Gasteiger partial charge in [-0.2, -0.15) is 5.10 Å². The van der Waals surface area contributed by atoms with Crippen LogP contribution in [0.4, 0.5) is 0 Å². The molecule has 1 amide bonds. The maximum atomic E-state index is 12.8. The molecule has 3 aromatic rings. The van der Waals surface area contributed by atoms with Crippen molar-refractivity contribution in [2.24, 2.45) is 5.10 Å². The van der Waals surface area contributed by atoms with E-state index in [0.29, 0.717) is 15.8 Å². The number of aromatic nitrogens is 1. The maximum Gasteiger partial charge on any atom is 0.272 e. The lowest BCUT2D eigenvalue weighted by Crippen LogP contribution is -2.20. The van der Waals surface area contributed by atoms with E-state index >= 15 is 0 Å². The SMILES string of the molecule is CC(=NNC(=O)c1cc(C2CC2)nc2ccc(Br)cc12)c1ccc(Cl)s1. The van der Waals surface area contributed by atoms with Crippen LogP contribution in [-0.4, -0.2) is 16.6 Å². The first kappa shape index (κ1) is 17.6. The summed E-state index contributed by atoms with van der Waals surface area (Å²) in [5, 5.41) is 5.05. The fourth-order valence-electron chi connectivity index (χ4n) is 2.75. The van der Waals surface area contributed by atoms with Gasteiger partial charge in [-0.15, -0.1) is 11.3 Å². The molecule has 0 aliphatic heterocycles. The Morgan fingerprint density at radius 1 is 1.31 bits per heavy atom. The molecular formula is C19H15BrClN3OS. The second-order valence-corrected chi connectivity index (χ2v) is 8.90. The van der Waals surface area contributed by atoms with Gasteiger partial charge in [0.25, 0.3) is 5.91 Å². The van der Waals surface area contributed by atoms with E-state index in [1.54, 1.807) is 0 Å². The smallest absolute Gasteiger partial charge is 0.267 e. The number of thiophene rings is 1. The van der Waals surface area contributed by atoms with Crippen molar-refractivity contribution in [1.29, 1.82) is 0 Å². The fraction of sp³-hybridized carbons (Fsp3) is 0.211. The molecule has 7 heteroatoms. The van der Waals surface area contributed by atoms with E-state index in [9.17, 15) is 4.79 Å². The third-order valence-corrected chi connectivity index (χ3v) is 6.12. The molecule has 1 aliphatic rings. The standard InChI is InChI=1S/C19H15BrClN3OS/c1-10(17-6-7-18(21)26-17)23-24-19(25)14-9-16(11-2-3-11)22-15-5-4-12(20)8-13(14)15/h4-9,11H,2-3H2,1H3,(H,24,25). The summed E-state index contributed by atoms with van der Waals surface area (Å²) in [6.07, 6.45) is 2.26. The first-order valence-corrected chi connectivity index (χ1v) is 10.2. The molecule has 2 heterocycles. The van der Waals surface area contributed by atoms with Crippen molar-refractivity contribution in [2.75, 3.05) is 0 Å². The quantitative estimate of drug-likeness (QED) is 0.408. The van der Waals surface area contributed by atoms with Crippen LogP contribution in [0.5, 0.6) is 0 Å². The molecule has 1 aromatic carbocycles. The largest absolute Gasteiger partial charge is 0.272 e. The summed E-state index contributed by atoms with van der Waals surface area (Å²) in [6, 6.07) is 11.4. The van der Waals surface area contributed by atoms with E-state index < -0.39 is 0 Å². The molecule has 0 radical (unpaired) electrons. The van der Waals surface area contributed by atoms with E-state index in [2.05, 4.69) is 26.5 Å². The van der Waals surface area contributed by atoms with Gasteiger partial charge in [0, 0.05) is 21.5 Å². The van der Waals surface area contributed by atoms with Gasteiger partial charge in [-0.05, 0) is 56.2 Å². The summed E-state index contributed by atoms with van der Waals surface area (Å²) in [5.74, 6) is 0.229. The Hall–Kier alpha value is -1.76. The van der Waals surface area contributed by atoms with Gasteiger partial charge < -0.3 is 0 Å². The molecule has 132 valence electrons. The Morgan fingerprint density at radius 3 is 2.81 bits per heavy atom. The molecule has 0 bridgehead atoms. The molecule has 1 N–H and O–H groups in total. The van der Waals surface area contributed by atoms with E-state index in [1.807, 2.05) is 43.3 Å². The van der Waals surface area contributed by atoms with Crippen LogP contribution in [-0.2, 0) is 0 Å². The van der Waals surface area contributed by atoms with Crippen molar-refractivity contribution in [2.45, 2.75) is 25.7 Å². The van der Waals surface area contributed by atoms with E-state index in [1.165, 1.54) is 11.3 Å². The highest BCUT2D eigenvalue weighted by Crippen LogP contribution is 2.40. The molecule has 0 saturated heterocycles. The Balaban J connectivity index is 1.68. The molecular weight excluding hydrogens is 434 g/mol. The predicted octanol–water partition coefficient (Wildman–Crippen LogP) is 5.74. The third kappa shape index (κ3) is 3.68. The first-order valence-electron chi connectivity index (χ1n) is 8.22. The average Bonchev–Trinajstić information content (AvgIpc) is 3.39. The Labute approximate surface area is 168 Å². The summed E-state index contributed by atoms with van der Waals surface area (Å²) in [4.78, 5) is 18.5. The molecule has 0 atom stereocenters. The Morgan fingerprint density at radius 2 is 2.12 bits per heavy atom. The monoisotopic (exact) mass is 447 g/mol. The van der Waals surface area contributed by atoms with Gasteiger partial charge in [0.1, 0.15) is 0 Å². The number of fused-ring (bicyclic) bond motifs is 1. The molecule has 0 spiro atoms. The number of pyridine rings is 1. The van der Waals surface area contributed by atoms with Gasteiger partial charge in [0.05, 0.1) is 26.0 Å². The highest BCUT2D eigenvalue weighted by Gasteiger charge is 2.27. The Bertz CT molecular complexity index is 1040. The lowest BCUT2D eigenvalue weighted by Gasteiger charge is -2.09. The maximum absolute atomic E-state index is 12.8. The minimum Gasteiger partial charge on any atom is -0.267 e. The van der Waals surface area contributed by atoms with Crippen LogP contribution in [0.3, 0.4) is 0 Å². The van der Waals surface area contributed by atoms with Crippen molar-refractivity contribution in [3.63, 3.8) is 0 Å². The van der Waals surface area contributed by atoms with Crippen LogP contribution in [0.25, 0.3) is 10.9 Å². The van der Waals surface area contributed by atoms with Crippen molar-refractivity contribution < 1.29 is 4.79 Å². The molecule has 26 heavy (non-hydrogen) atoms. The molecule has 0 unspecified atom stereocenters. The minimum absolute atomic E-state index is 0.237. The van der Waals surface area contributed by atoms with Crippen molar-refractivity contribution in [3.05, 3.63) is 61.3 Å². The zero-order valence-electron chi connectivity index (χ0n) is 13.9. The number of amides is 1. The number of rotatable bonds is 4. The van der Waals surface area contributed by atoms with Gasteiger partial charge in [0.2, 0.25) is 0 Å². The topological polar surface area (TPSA) is 54.4 Å². The number of benzene rings is 1. The van der Waals surface area contributed by atoms with Crippen LogP contribution in [0, 0.1) is 0 Å². The van der Waals surface area contributed by atoms with Crippen LogP contribution in [0.2, 0.25) is 4.34 Å². The van der Waals surface area contributed by atoms with Gasteiger partial charge in [-0.1, -0.05) is 27.5 Å². The molecule has 4 nitrogen and oxygen atoms in total. The first-order chi connectivity index (χ1) is 12.5. The van der Waals surface area contributed by atoms with Gasteiger partial charge in [0.15, 0.2) is 0 Å². The number of hydrogen-bond donors (Lipinski definition) is 1. The van der Waals surface area contributed by atoms with Gasteiger partial charge >= 0.3 is 0 Å². The van der Waals surface area contributed by atoms with Gasteiger partial charge in [-0.3, -0.25) is 9.78 Å². The summed E-state index contributed by atoms with van der Waals surface area (Å²) >= 11 is 10.9. The van der Waals surface area contributed by atoms with Gasteiger partial charge in [-0.25, -0.2) is 5.43 Å². The zero-order valence-corrected chi connectivity index (χ0v) is 17.1. The Kier molecular flexibility index (Phi) is 4.82. The number of nitrogens with zero attached hydrogens (tertiary/aromatic N) is 2. The third-order valence-electron chi connectivity index (χ3n) is 4.29. The molecule has 2 aromatic heterocycles. The number of carbonyl (C=O) groups is 1. The van der Waals surface area contributed by atoms with E-state index in [4.69, 9.17) is 16.6 Å². The van der Waals surface area contributed by atoms with Crippen molar-refractivity contribution in [1.82, 2.24) is 10.4 Å². The van der Waals surface area contributed by atoms with E-state index in [0.717, 1.165) is 44.5 Å². The molecule has 1 aliphatic carbocycles. The average molecular weight is 449 g/mol. The summed E-state index contributed by atoms with van der Waals surface area (Å²) in [5.41, 5.74) is 5.80. The van der Waals surface area contributed by atoms with E-state index in [-0.39, 0.29) is 5.91 Å². The zero-order chi connectivity index (χ0) is 18.3. The van der Waals surface area contributed by atoms with Crippen LogP contribution >= 0.6 is 38.9 Å². The fourth-order valence-corrected chi connectivity index (χ4v) is 4.10.